The molecule has 0 bridgehead atoms. The summed E-state index contributed by atoms with van der Waals surface area (Å²) in [6, 6.07) is 3.80. The molecule has 1 aromatic carbocycles. The molecule has 94 valence electrons. The number of carbonyl (C=O) groups excluding carboxylic acids is 1. The third-order valence-electron chi connectivity index (χ3n) is 2.23. The number of halogens is 1. The molecule has 0 unspecified atom stereocenters. The zero-order valence-electron chi connectivity index (χ0n) is 10.2. The van der Waals surface area contributed by atoms with Crippen LogP contribution < -0.4 is 10.6 Å². The smallest absolute Gasteiger partial charge is 0.319 e. The van der Waals surface area contributed by atoms with Crippen LogP contribution in [0, 0.1) is 12.7 Å². The van der Waals surface area contributed by atoms with Crippen LogP contribution in [-0.2, 0) is 4.74 Å². The van der Waals surface area contributed by atoms with Gasteiger partial charge in [-0.3, -0.25) is 0 Å². The summed E-state index contributed by atoms with van der Waals surface area (Å²) in [7, 11) is 1.57. The molecule has 0 aliphatic rings. The molecule has 0 aromatic heterocycles. The average Bonchev–Trinajstić information content (AvgIpc) is 2.22. The number of hydrogen-bond donors (Lipinski definition) is 2. The third-order valence-corrected chi connectivity index (χ3v) is 2.23. The van der Waals surface area contributed by atoms with Gasteiger partial charge >= 0.3 is 6.03 Å². The van der Waals surface area contributed by atoms with E-state index >= 15 is 0 Å². The van der Waals surface area contributed by atoms with E-state index in [0.29, 0.717) is 17.9 Å². The number of benzene rings is 1. The molecule has 1 rings (SSSR count). The van der Waals surface area contributed by atoms with Crippen molar-refractivity contribution in [2.45, 2.75) is 19.9 Å². The molecule has 0 aliphatic heterocycles. The van der Waals surface area contributed by atoms with Crippen molar-refractivity contribution < 1.29 is 13.9 Å². The predicted octanol–water partition coefficient (Wildman–Crippen LogP) is 2.29. The van der Waals surface area contributed by atoms with Gasteiger partial charge < -0.3 is 15.4 Å². The zero-order valence-corrected chi connectivity index (χ0v) is 10.2. The van der Waals surface area contributed by atoms with Crippen molar-refractivity contribution in [3.8, 4) is 0 Å². The minimum Gasteiger partial charge on any atom is -0.383 e. The average molecular weight is 240 g/mol. The van der Waals surface area contributed by atoms with Crippen LogP contribution in [0.4, 0.5) is 14.9 Å². The first-order valence-electron chi connectivity index (χ1n) is 5.35. The third kappa shape index (κ3) is 4.40. The minimum atomic E-state index is -0.329. The van der Waals surface area contributed by atoms with Crippen LogP contribution in [-0.4, -0.2) is 25.8 Å². The molecule has 0 radical (unpaired) electrons. The highest BCUT2D eigenvalue weighted by molar-refractivity contribution is 5.90. The van der Waals surface area contributed by atoms with Gasteiger partial charge in [-0.1, -0.05) is 0 Å². The van der Waals surface area contributed by atoms with Gasteiger partial charge in [-0.25, -0.2) is 9.18 Å². The Labute approximate surface area is 100 Å². The van der Waals surface area contributed by atoms with E-state index in [0.717, 1.165) is 0 Å². The van der Waals surface area contributed by atoms with E-state index in [1.54, 1.807) is 14.0 Å². The highest BCUT2D eigenvalue weighted by Crippen LogP contribution is 2.15. The van der Waals surface area contributed by atoms with E-state index in [4.69, 9.17) is 4.74 Å². The number of aryl methyl sites for hydroxylation is 1. The fraction of sp³-hybridized carbons (Fsp3) is 0.417. The highest BCUT2D eigenvalue weighted by Gasteiger charge is 2.08. The van der Waals surface area contributed by atoms with Crippen molar-refractivity contribution in [1.82, 2.24) is 5.32 Å². The molecule has 0 aliphatic carbocycles. The topological polar surface area (TPSA) is 50.4 Å². The van der Waals surface area contributed by atoms with Crippen LogP contribution >= 0.6 is 0 Å². The zero-order chi connectivity index (χ0) is 12.8. The lowest BCUT2D eigenvalue weighted by Crippen LogP contribution is -2.38. The molecular weight excluding hydrogens is 223 g/mol. The number of anilines is 1. The quantitative estimate of drug-likeness (QED) is 0.848. The molecule has 0 saturated heterocycles. The van der Waals surface area contributed by atoms with Gasteiger partial charge in [0.05, 0.1) is 12.6 Å². The summed E-state index contributed by atoms with van der Waals surface area (Å²) in [6.45, 7) is 4.01. The molecule has 0 saturated carbocycles. The lowest BCUT2D eigenvalue weighted by atomic mass is 10.2. The van der Waals surface area contributed by atoms with Crippen molar-refractivity contribution in [2.75, 3.05) is 19.0 Å². The molecule has 0 spiro atoms. The Bertz CT molecular complexity index is 396. The molecule has 0 fully saturated rings. The van der Waals surface area contributed by atoms with Crippen LogP contribution in [0.25, 0.3) is 0 Å². The standard InChI is InChI=1S/C12H17FN2O2/c1-8-6-10(13)4-5-11(8)15-12(16)14-9(2)7-17-3/h4-6,9H,7H2,1-3H3,(H2,14,15,16)/t9-/m0/s1. The van der Waals surface area contributed by atoms with Gasteiger partial charge in [0.1, 0.15) is 5.82 Å². The number of hydrogen-bond acceptors (Lipinski definition) is 2. The number of ether oxygens (including phenoxy) is 1. The number of carbonyl (C=O) groups is 1. The van der Waals surface area contributed by atoms with Crippen molar-refractivity contribution in [2.24, 2.45) is 0 Å². The van der Waals surface area contributed by atoms with Gasteiger partial charge in [-0.15, -0.1) is 0 Å². The maximum absolute atomic E-state index is 12.9. The SMILES string of the molecule is COC[C@H](C)NC(=O)Nc1ccc(F)cc1C. The van der Waals surface area contributed by atoms with Gasteiger partial charge in [0.25, 0.3) is 0 Å². The number of nitrogens with one attached hydrogen (secondary N) is 2. The van der Waals surface area contributed by atoms with Gasteiger partial charge in [0.2, 0.25) is 0 Å². The highest BCUT2D eigenvalue weighted by atomic mass is 19.1. The fourth-order valence-corrected chi connectivity index (χ4v) is 1.44. The largest absolute Gasteiger partial charge is 0.383 e. The van der Waals surface area contributed by atoms with Crippen LogP contribution in [0.15, 0.2) is 18.2 Å². The van der Waals surface area contributed by atoms with E-state index in [1.165, 1.54) is 18.2 Å². The Morgan fingerprint density at radius 2 is 2.24 bits per heavy atom. The maximum Gasteiger partial charge on any atom is 0.319 e. The predicted molar refractivity (Wildman–Crippen MR) is 64.6 cm³/mol. The first-order valence-corrected chi connectivity index (χ1v) is 5.35. The Morgan fingerprint density at radius 1 is 1.53 bits per heavy atom. The van der Waals surface area contributed by atoms with Crippen molar-refractivity contribution in [3.63, 3.8) is 0 Å². The molecule has 0 heterocycles. The molecule has 4 nitrogen and oxygen atoms in total. The number of rotatable bonds is 4. The van der Waals surface area contributed by atoms with Gasteiger partial charge in [-0.05, 0) is 37.6 Å². The Balaban J connectivity index is 2.56. The molecule has 2 amide bonds. The summed E-state index contributed by atoms with van der Waals surface area (Å²) >= 11 is 0. The van der Waals surface area contributed by atoms with Gasteiger partial charge in [-0.2, -0.15) is 0 Å². The molecule has 1 atom stereocenters. The second-order valence-corrected chi connectivity index (χ2v) is 3.91. The number of urea groups is 1. The molecular formula is C12H17FN2O2. The molecule has 17 heavy (non-hydrogen) atoms. The Kier molecular flexibility index (Phi) is 4.90. The van der Waals surface area contributed by atoms with Crippen LogP contribution in [0.1, 0.15) is 12.5 Å². The summed E-state index contributed by atoms with van der Waals surface area (Å²) in [5.74, 6) is -0.318. The van der Waals surface area contributed by atoms with E-state index in [1.807, 2.05) is 6.92 Å². The summed E-state index contributed by atoms with van der Waals surface area (Å²) in [4.78, 5) is 11.6. The molecule has 1 aromatic rings. The van der Waals surface area contributed by atoms with E-state index in [2.05, 4.69) is 10.6 Å². The Hall–Kier alpha value is -1.62. The maximum atomic E-state index is 12.9. The van der Waals surface area contributed by atoms with E-state index in [9.17, 15) is 9.18 Å². The number of amides is 2. The summed E-state index contributed by atoms with van der Waals surface area (Å²) in [5.41, 5.74) is 1.27. The summed E-state index contributed by atoms with van der Waals surface area (Å²) < 4.78 is 17.8. The summed E-state index contributed by atoms with van der Waals surface area (Å²) in [5, 5.41) is 5.36. The first kappa shape index (κ1) is 13.4. The van der Waals surface area contributed by atoms with Gasteiger partial charge in [0.15, 0.2) is 0 Å². The van der Waals surface area contributed by atoms with Crippen LogP contribution in [0.5, 0.6) is 0 Å². The first-order chi connectivity index (χ1) is 8.02. The van der Waals surface area contributed by atoms with Crippen molar-refractivity contribution in [3.05, 3.63) is 29.6 Å². The van der Waals surface area contributed by atoms with Crippen molar-refractivity contribution >= 4 is 11.7 Å². The van der Waals surface area contributed by atoms with Crippen molar-refractivity contribution in [1.29, 1.82) is 0 Å². The van der Waals surface area contributed by atoms with E-state index < -0.39 is 0 Å². The molecule has 5 heteroatoms. The number of methoxy groups -OCH3 is 1. The van der Waals surface area contributed by atoms with Gasteiger partial charge in [0, 0.05) is 12.8 Å². The second kappa shape index (κ2) is 6.20. The van der Waals surface area contributed by atoms with Crippen LogP contribution in [0.3, 0.4) is 0 Å². The monoisotopic (exact) mass is 240 g/mol. The lowest BCUT2D eigenvalue weighted by Gasteiger charge is -2.14. The fourth-order valence-electron chi connectivity index (χ4n) is 1.44. The van der Waals surface area contributed by atoms with Crippen LogP contribution in [0.2, 0.25) is 0 Å². The molecule has 2 N–H and O–H groups in total. The minimum absolute atomic E-state index is 0.0826. The lowest BCUT2D eigenvalue weighted by molar-refractivity contribution is 0.173. The normalized spacial score (nSPS) is 12.0. The van der Waals surface area contributed by atoms with E-state index in [-0.39, 0.29) is 17.9 Å². The summed E-state index contributed by atoms with van der Waals surface area (Å²) in [6.07, 6.45) is 0. The second-order valence-electron chi connectivity index (χ2n) is 3.91. The Morgan fingerprint density at radius 3 is 2.82 bits per heavy atom.